The van der Waals surface area contributed by atoms with Crippen LogP contribution >= 0.6 is 0 Å². The molecule has 31 heavy (non-hydrogen) atoms. The molecule has 1 aliphatic heterocycles. The van der Waals surface area contributed by atoms with Crippen molar-refractivity contribution in [3.05, 3.63) is 54.0 Å². The van der Waals surface area contributed by atoms with Crippen LogP contribution in [0.3, 0.4) is 0 Å². The second-order valence-electron chi connectivity index (χ2n) is 6.75. The molecule has 0 saturated heterocycles. The van der Waals surface area contributed by atoms with E-state index in [4.69, 9.17) is 4.42 Å². The van der Waals surface area contributed by atoms with Gasteiger partial charge in [-0.05, 0) is 50.2 Å². The molecule has 1 atom stereocenters. The fraction of sp³-hybridized carbons (Fsp3) is 0.222. The molecule has 11 nitrogen and oxygen atoms in total. The highest BCUT2D eigenvalue weighted by molar-refractivity contribution is 7.90. The summed E-state index contributed by atoms with van der Waals surface area (Å²) in [5.74, 6) is -0.540. The molecule has 4 N–H and O–H groups in total. The standard InChI is InChI=1S/C18H21N5O6S2/c1-10(2)15(13-8-11(3)9-29-13)21-18-17(22-31(27,28)23-18)20-12-6-5-7-14(16(12)24)30(25,26)19-4/h5-9,15,19,24H,1H2,2-4H3,(H,20,22)(H,21,23)/t15-/m1/s1. The number of anilines is 1. The molecule has 1 aliphatic rings. The number of nitrogens with zero attached hydrogens (tertiary/aromatic N) is 2. The number of hydrogen-bond acceptors (Lipinski definition) is 8. The number of aryl methyl sites for hydroxylation is 1. The Morgan fingerprint density at radius 1 is 1.39 bits per heavy atom. The predicted octanol–water partition coefficient (Wildman–Crippen LogP) is 1.58. The number of amidine groups is 2. The van der Waals surface area contributed by atoms with E-state index in [0.29, 0.717) is 11.3 Å². The van der Waals surface area contributed by atoms with Crippen LogP contribution in [0.25, 0.3) is 0 Å². The van der Waals surface area contributed by atoms with Gasteiger partial charge in [0.15, 0.2) is 17.4 Å². The number of furan rings is 1. The number of nitrogens with one attached hydrogen (secondary N) is 3. The summed E-state index contributed by atoms with van der Waals surface area (Å²) in [7, 11) is -6.85. The Morgan fingerprint density at radius 3 is 2.68 bits per heavy atom. The van der Waals surface area contributed by atoms with Gasteiger partial charge in [-0.3, -0.25) is 0 Å². The zero-order chi connectivity index (χ0) is 23.0. The van der Waals surface area contributed by atoms with E-state index < -0.39 is 36.9 Å². The summed E-state index contributed by atoms with van der Waals surface area (Å²) < 4.78 is 61.6. The summed E-state index contributed by atoms with van der Waals surface area (Å²) in [6, 6.07) is 4.98. The molecule has 0 radical (unpaired) electrons. The first-order chi connectivity index (χ1) is 14.4. The van der Waals surface area contributed by atoms with Crippen molar-refractivity contribution in [3.63, 3.8) is 0 Å². The molecule has 0 amide bonds. The lowest BCUT2D eigenvalue weighted by molar-refractivity contribution is 0.461. The van der Waals surface area contributed by atoms with Crippen LogP contribution in [-0.2, 0) is 20.2 Å². The van der Waals surface area contributed by atoms with Gasteiger partial charge in [0, 0.05) is 0 Å². The second-order valence-corrected chi connectivity index (χ2v) is 9.95. The second kappa shape index (κ2) is 8.17. The van der Waals surface area contributed by atoms with E-state index in [1.807, 2.05) is 6.92 Å². The van der Waals surface area contributed by atoms with Gasteiger partial charge in [0.1, 0.15) is 16.7 Å². The molecule has 0 aliphatic carbocycles. The lowest BCUT2D eigenvalue weighted by Crippen LogP contribution is -2.31. The predicted molar refractivity (Wildman–Crippen MR) is 116 cm³/mol. The molecular formula is C18H21N5O6S2. The first kappa shape index (κ1) is 22.5. The maximum absolute atomic E-state index is 12.1. The normalized spacial score (nSPS) is 17.8. The summed E-state index contributed by atoms with van der Waals surface area (Å²) in [6.07, 6.45) is 1.53. The zero-order valence-corrected chi connectivity index (χ0v) is 18.5. The molecule has 3 rings (SSSR count). The number of hydrogen-bond donors (Lipinski definition) is 4. The third-order valence-electron chi connectivity index (χ3n) is 4.22. The Bertz CT molecular complexity index is 1310. The quantitative estimate of drug-likeness (QED) is 0.370. The maximum Gasteiger partial charge on any atom is 0.345 e. The van der Waals surface area contributed by atoms with E-state index >= 15 is 0 Å². The molecule has 2 aromatic rings. The molecule has 0 bridgehead atoms. The number of aromatic hydroxyl groups is 1. The van der Waals surface area contributed by atoms with E-state index in [2.05, 4.69) is 30.7 Å². The van der Waals surface area contributed by atoms with Gasteiger partial charge >= 0.3 is 10.2 Å². The number of benzene rings is 1. The van der Waals surface area contributed by atoms with Gasteiger partial charge in [-0.2, -0.15) is 8.42 Å². The fourth-order valence-electron chi connectivity index (χ4n) is 2.75. The third kappa shape index (κ3) is 4.78. The summed E-state index contributed by atoms with van der Waals surface area (Å²) in [4.78, 5) is 3.99. The minimum Gasteiger partial charge on any atom is -0.504 e. The number of phenols is 1. The Kier molecular flexibility index (Phi) is 5.93. The minimum absolute atomic E-state index is 0.0811. The van der Waals surface area contributed by atoms with E-state index in [-0.39, 0.29) is 17.4 Å². The van der Waals surface area contributed by atoms with Gasteiger partial charge in [0.25, 0.3) is 0 Å². The Balaban J connectivity index is 2.03. The summed E-state index contributed by atoms with van der Waals surface area (Å²) in [5.41, 5.74) is 1.35. The highest BCUT2D eigenvalue weighted by Gasteiger charge is 2.30. The number of para-hydroxylation sites is 1. The fourth-order valence-corrected chi connectivity index (χ4v) is 4.40. The van der Waals surface area contributed by atoms with Crippen molar-refractivity contribution in [2.75, 3.05) is 12.4 Å². The van der Waals surface area contributed by atoms with Crippen molar-refractivity contribution in [2.45, 2.75) is 24.8 Å². The summed E-state index contributed by atoms with van der Waals surface area (Å²) >= 11 is 0. The van der Waals surface area contributed by atoms with Crippen LogP contribution in [-0.4, -0.2) is 40.7 Å². The molecule has 0 fully saturated rings. The summed E-state index contributed by atoms with van der Waals surface area (Å²) in [5, 5.41) is 13.0. The van der Waals surface area contributed by atoms with E-state index in [1.165, 1.54) is 31.5 Å². The van der Waals surface area contributed by atoms with Crippen molar-refractivity contribution in [1.82, 2.24) is 9.44 Å². The van der Waals surface area contributed by atoms with Crippen LogP contribution in [0.1, 0.15) is 24.3 Å². The molecule has 2 heterocycles. The highest BCUT2D eigenvalue weighted by atomic mass is 32.2. The Hall–Kier alpha value is -3.16. The molecule has 0 spiro atoms. The maximum atomic E-state index is 12.1. The molecule has 0 unspecified atom stereocenters. The smallest absolute Gasteiger partial charge is 0.345 e. The number of aliphatic imine (C=N–C) groups is 1. The summed E-state index contributed by atoms with van der Waals surface area (Å²) in [6.45, 7) is 7.41. The molecular weight excluding hydrogens is 446 g/mol. The molecule has 1 aromatic heterocycles. The first-order valence-electron chi connectivity index (χ1n) is 8.87. The van der Waals surface area contributed by atoms with E-state index in [1.54, 1.807) is 13.0 Å². The molecule has 1 aromatic carbocycles. The van der Waals surface area contributed by atoms with Gasteiger partial charge < -0.3 is 14.8 Å². The molecule has 13 heteroatoms. The Morgan fingerprint density at radius 2 is 2.10 bits per heavy atom. The van der Waals surface area contributed by atoms with Crippen LogP contribution < -0.4 is 14.8 Å². The third-order valence-corrected chi connectivity index (χ3v) is 6.54. The lowest BCUT2D eigenvalue weighted by atomic mass is 10.1. The minimum atomic E-state index is -4.10. The largest absolute Gasteiger partial charge is 0.504 e. The SMILES string of the molecule is C=C(C)[C@@H](N=C1NS(=O)(=O)N=C1Nc1cccc(S(=O)(=O)NC)c1O)c1cc(C)co1. The van der Waals surface area contributed by atoms with Crippen molar-refractivity contribution in [1.29, 1.82) is 0 Å². The Labute approximate surface area is 179 Å². The molecule has 0 saturated carbocycles. The van der Waals surface area contributed by atoms with Crippen molar-refractivity contribution in [3.8, 4) is 5.75 Å². The van der Waals surface area contributed by atoms with Gasteiger partial charge in [-0.1, -0.05) is 12.6 Å². The average Bonchev–Trinajstić information content (AvgIpc) is 3.23. The van der Waals surface area contributed by atoms with Crippen LogP contribution in [0, 0.1) is 6.92 Å². The van der Waals surface area contributed by atoms with Crippen LogP contribution in [0.4, 0.5) is 5.69 Å². The highest BCUT2D eigenvalue weighted by Crippen LogP contribution is 2.32. The van der Waals surface area contributed by atoms with Crippen LogP contribution in [0.15, 0.2) is 61.4 Å². The van der Waals surface area contributed by atoms with Crippen molar-refractivity contribution < 1.29 is 26.4 Å². The van der Waals surface area contributed by atoms with Gasteiger partial charge in [-0.25, -0.2) is 22.9 Å². The average molecular weight is 468 g/mol. The number of rotatable bonds is 6. The molecule has 166 valence electrons. The zero-order valence-electron chi connectivity index (χ0n) is 16.9. The van der Waals surface area contributed by atoms with Crippen LogP contribution in [0.2, 0.25) is 0 Å². The topological polar surface area (TPSA) is 162 Å². The van der Waals surface area contributed by atoms with Crippen molar-refractivity contribution in [2.24, 2.45) is 9.39 Å². The monoisotopic (exact) mass is 467 g/mol. The first-order valence-corrected chi connectivity index (χ1v) is 11.8. The van der Waals surface area contributed by atoms with E-state index in [0.717, 1.165) is 5.56 Å². The van der Waals surface area contributed by atoms with Gasteiger partial charge in [-0.15, -0.1) is 4.40 Å². The van der Waals surface area contributed by atoms with E-state index in [9.17, 15) is 21.9 Å². The number of phenolic OH excluding ortho intramolecular Hbond substituents is 1. The van der Waals surface area contributed by atoms with Gasteiger partial charge in [0.2, 0.25) is 10.0 Å². The van der Waals surface area contributed by atoms with Crippen LogP contribution in [0.5, 0.6) is 5.75 Å². The lowest BCUT2D eigenvalue weighted by Gasteiger charge is -2.14. The number of sulfonamides is 1. The van der Waals surface area contributed by atoms with Crippen molar-refractivity contribution >= 4 is 37.6 Å². The van der Waals surface area contributed by atoms with Gasteiger partial charge in [0.05, 0.1) is 12.0 Å².